The summed E-state index contributed by atoms with van der Waals surface area (Å²) < 4.78 is 45.5. The van der Waals surface area contributed by atoms with Gasteiger partial charge in [-0.1, -0.05) is 0 Å². The lowest BCUT2D eigenvalue weighted by molar-refractivity contribution is -0.143. The normalized spacial score (nSPS) is 11.6. The number of fused-ring (bicyclic) bond motifs is 1. The molecule has 0 aromatic carbocycles. The van der Waals surface area contributed by atoms with Crippen LogP contribution < -0.4 is 5.32 Å². The molecular formula is C15H17F3N4O3. The number of aryl methyl sites for hydroxylation is 2. The third kappa shape index (κ3) is 4.25. The van der Waals surface area contributed by atoms with Gasteiger partial charge in [0.25, 0.3) is 0 Å². The number of carbonyl (C=O) groups excluding carboxylic acids is 2. The molecule has 0 saturated carbocycles. The summed E-state index contributed by atoms with van der Waals surface area (Å²) >= 11 is 0. The number of esters is 1. The smallest absolute Gasteiger partial charge is 0.417 e. The highest BCUT2D eigenvalue weighted by atomic mass is 19.4. The molecule has 2 rings (SSSR count). The summed E-state index contributed by atoms with van der Waals surface area (Å²) in [5, 5.41) is 6.17. The van der Waals surface area contributed by atoms with Gasteiger partial charge in [-0.3, -0.25) is 9.59 Å². The SMILES string of the molecule is CCOC(=O)CNC(=O)Cn1nc(C)c2c(C(F)(F)F)cc(C)nc21. The van der Waals surface area contributed by atoms with Crippen molar-refractivity contribution in [3.05, 3.63) is 23.0 Å². The Morgan fingerprint density at radius 1 is 1.32 bits per heavy atom. The molecular weight excluding hydrogens is 341 g/mol. The summed E-state index contributed by atoms with van der Waals surface area (Å²) in [6, 6.07) is 0.947. The van der Waals surface area contributed by atoms with Gasteiger partial charge in [0.05, 0.1) is 23.3 Å². The number of nitrogens with one attached hydrogen (secondary N) is 1. The molecule has 0 fully saturated rings. The van der Waals surface area contributed by atoms with Crippen LogP contribution in [0.3, 0.4) is 0 Å². The Bertz CT molecular complexity index is 814. The Labute approximate surface area is 141 Å². The van der Waals surface area contributed by atoms with Gasteiger partial charge < -0.3 is 10.1 Å². The van der Waals surface area contributed by atoms with E-state index in [0.717, 1.165) is 10.7 Å². The first-order valence-corrected chi connectivity index (χ1v) is 7.47. The molecule has 0 aliphatic rings. The Balaban J connectivity index is 2.30. The van der Waals surface area contributed by atoms with Crippen molar-refractivity contribution in [2.75, 3.05) is 13.2 Å². The maximum absolute atomic E-state index is 13.2. The van der Waals surface area contributed by atoms with E-state index in [9.17, 15) is 22.8 Å². The van der Waals surface area contributed by atoms with Crippen molar-refractivity contribution in [3.8, 4) is 0 Å². The molecule has 2 heterocycles. The van der Waals surface area contributed by atoms with Crippen molar-refractivity contribution in [3.63, 3.8) is 0 Å². The van der Waals surface area contributed by atoms with E-state index in [1.165, 1.54) is 13.8 Å². The van der Waals surface area contributed by atoms with Gasteiger partial charge in [-0.25, -0.2) is 9.67 Å². The van der Waals surface area contributed by atoms with Crippen LogP contribution in [0.4, 0.5) is 13.2 Å². The molecule has 0 aliphatic heterocycles. The molecule has 1 amide bonds. The van der Waals surface area contributed by atoms with Crippen LogP contribution >= 0.6 is 0 Å². The lowest BCUT2D eigenvalue weighted by Crippen LogP contribution is -2.33. The second kappa shape index (κ2) is 7.08. The molecule has 0 radical (unpaired) electrons. The lowest BCUT2D eigenvalue weighted by atomic mass is 10.1. The first kappa shape index (κ1) is 18.7. The highest BCUT2D eigenvalue weighted by molar-refractivity contribution is 5.86. The van der Waals surface area contributed by atoms with Crippen molar-refractivity contribution in [1.29, 1.82) is 0 Å². The molecule has 2 aromatic rings. The zero-order valence-electron chi connectivity index (χ0n) is 13.9. The minimum Gasteiger partial charge on any atom is -0.465 e. The number of hydrogen-bond donors (Lipinski definition) is 1. The predicted molar refractivity (Wildman–Crippen MR) is 81.6 cm³/mol. The Morgan fingerprint density at radius 3 is 2.60 bits per heavy atom. The molecule has 25 heavy (non-hydrogen) atoms. The van der Waals surface area contributed by atoms with Crippen LogP contribution in [0.25, 0.3) is 11.0 Å². The van der Waals surface area contributed by atoms with Crippen LogP contribution in [0.15, 0.2) is 6.07 Å². The van der Waals surface area contributed by atoms with Gasteiger partial charge in [-0.2, -0.15) is 18.3 Å². The highest BCUT2D eigenvalue weighted by Gasteiger charge is 2.35. The fourth-order valence-corrected chi connectivity index (χ4v) is 2.39. The van der Waals surface area contributed by atoms with Crippen molar-refractivity contribution in [2.45, 2.75) is 33.5 Å². The number of hydrogen-bond acceptors (Lipinski definition) is 5. The fourth-order valence-electron chi connectivity index (χ4n) is 2.39. The molecule has 0 saturated heterocycles. The third-order valence-corrected chi connectivity index (χ3v) is 3.34. The van der Waals surface area contributed by atoms with Crippen LogP contribution in [-0.2, 0) is 27.0 Å². The predicted octanol–water partition coefficient (Wildman–Crippen LogP) is 1.75. The maximum atomic E-state index is 13.2. The van der Waals surface area contributed by atoms with Gasteiger partial charge in [0.2, 0.25) is 5.91 Å². The topological polar surface area (TPSA) is 86.1 Å². The number of alkyl halides is 3. The molecule has 0 spiro atoms. The van der Waals surface area contributed by atoms with Crippen LogP contribution in [0.1, 0.15) is 23.9 Å². The second-order valence-electron chi connectivity index (χ2n) is 5.33. The van der Waals surface area contributed by atoms with Crippen molar-refractivity contribution >= 4 is 22.9 Å². The van der Waals surface area contributed by atoms with Gasteiger partial charge in [-0.05, 0) is 26.8 Å². The number of amides is 1. The number of halogens is 3. The summed E-state index contributed by atoms with van der Waals surface area (Å²) in [5.74, 6) is -1.19. The van der Waals surface area contributed by atoms with E-state index in [-0.39, 0.29) is 42.1 Å². The summed E-state index contributed by atoms with van der Waals surface area (Å²) in [7, 11) is 0. The Morgan fingerprint density at radius 2 is 2.00 bits per heavy atom. The van der Waals surface area contributed by atoms with E-state index in [1.54, 1.807) is 6.92 Å². The molecule has 1 N–H and O–H groups in total. The number of rotatable bonds is 5. The lowest BCUT2D eigenvalue weighted by Gasteiger charge is -2.10. The molecule has 7 nitrogen and oxygen atoms in total. The first-order chi connectivity index (χ1) is 11.6. The van der Waals surface area contributed by atoms with Crippen molar-refractivity contribution < 1.29 is 27.5 Å². The number of nitrogens with zero attached hydrogens (tertiary/aromatic N) is 3. The van der Waals surface area contributed by atoms with E-state index in [0.29, 0.717) is 0 Å². The van der Waals surface area contributed by atoms with Gasteiger partial charge in [0.15, 0.2) is 5.65 Å². The molecule has 0 atom stereocenters. The number of ether oxygens (including phenoxy) is 1. The molecule has 0 aliphatic carbocycles. The first-order valence-electron chi connectivity index (χ1n) is 7.47. The minimum absolute atomic E-state index is 0.0314. The summed E-state index contributed by atoms with van der Waals surface area (Å²) in [6.45, 7) is 3.97. The third-order valence-electron chi connectivity index (χ3n) is 3.34. The molecule has 0 unspecified atom stereocenters. The van der Waals surface area contributed by atoms with E-state index in [4.69, 9.17) is 0 Å². The van der Waals surface area contributed by atoms with Gasteiger partial charge in [-0.15, -0.1) is 0 Å². The van der Waals surface area contributed by atoms with E-state index in [2.05, 4.69) is 20.1 Å². The van der Waals surface area contributed by atoms with Crippen LogP contribution in [0.5, 0.6) is 0 Å². The summed E-state index contributed by atoms with van der Waals surface area (Å²) in [4.78, 5) is 27.2. The van der Waals surface area contributed by atoms with Crippen LogP contribution in [0.2, 0.25) is 0 Å². The van der Waals surface area contributed by atoms with Crippen LogP contribution in [-0.4, -0.2) is 39.8 Å². The molecule has 2 aromatic heterocycles. The summed E-state index contributed by atoms with van der Waals surface area (Å²) in [6.07, 6.45) is -4.56. The van der Waals surface area contributed by atoms with E-state index < -0.39 is 23.6 Å². The monoisotopic (exact) mass is 358 g/mol. The number of aromatic nitrogens is 3. The minimum atomic E-state index is -4.56. The van der Waals surface area contributed by atoms with Crippen LogP contribution in [0, 0.1) is 13.8 Å². The average Bonchev–Trinajstić information content (AvgIpc) is 2.80. The highest BCUT2D eigenvalue weighted by Crippen LogP contribution is 2.36. The quantitative estimate of drug-likeness (QED) is 0.823. The zero-order chi connectivity index (χ0) is 18.8. The van der Waals surface area contributed by atoms with Gasteiger partial charge in [0, 0.05) is 5.69 Å². The van der Waals surface area contributed by atoms with E-state index in [1.807, 2.05) is 0 Å². The standard InChI is InChI=1S/C15H17F3N4O3/c1-4-25-12(24)6-19-11(23)7-22-14-13(9(3)21-22)10(15(16,17)18)5-8(2)20-14/h5H,4,6-7H2,1-3H3,(H,19,23). The van der Waals surface area contributed by atoms with Crippen molar-refractivity contribution in [2.24, 2.45) is 0 Å². The Kier molecular flexibility index (Phi) is 5.29. The summed E-state index contributed by atoms with van der Waals surface area (Å²) in [5.41, 5.74) is -0.595. The van der Waals surface area contributed by atoms with E-state index >= 15 is 0 Å². The second-order valence-corrected chi connectivity index (χ2v) is 5.33. The molecule has 136 valence electrons. The largest absolute Gasteiger partial charge is 0.465 e. The van der Waals surface area contributed by atoms with Gasteiger partial charge >= 0.3 is 12.1 Å². The number of carbonyl (C=O) groups is 2. The molecule has 0 bridgehead atoms. The maximum Gasteiger partial charge on any atom is 0.417 e. The average molecular weight is 358 g/mol. The Hall–Kier alpha value is -2.65. The zero-order valence-corrected chi connectivity index (χ0v) is 13.9. The number of pyridine rings is 1. The fraction of sp³-hybridized carbons (Fsp3) is 0.467. The van der Waals surface area contributed by atoms with Crippen molar-refractivity contribution in [1.82, 2.24) is 20.1 Å². The van der Waals surface area contributed by atoms with Gasteiger partial charge in [0.1, 0.15) is 13.1 Å². The molecule has 10 heteroatoms.